The summed E-state index contributed by atoms with van der Waals surface area (Å²) >= 11 is 0. The van der Waals surface area contributed by atoms with E-state index in [4.69, 9.17) is 5.73 Å². The molecule has 2 N–H and O–H groups in total. The minimum absolute atomic E-state index is 0.0361. The first-order chi connectivity index (χ1) is 9.21. The van der Waals surface area contributed by atoms with Crippen molar-refractivity contribution >= 4 is 9.84 Å². The van der Waals surface area contributed by atoms with Crippen LogP contribution >= 0.6 is 0 Å². The van der Waals surface area contributed by atoms with Crippen molar-refractivity contribution in [3.05, 3.63) is 29.8 Å². The van der Waals surface area contributed by atoms with Crippen molar-refractivity contribution in [1.29, 1.82) is 0 Å². The molecule has 0 aliphatic heterocycles. The summed E-state index contributed by atoms with van der Waals surface area (Å²) < 4.78 is 36.4. The van der Waals surface area contributed by atoms with E-state index in [1.165, 1.54) is 12.3 Å². The first kappa shape index (κ1) is 15.4. The molecule has 1 fully saturated rings. The molecular formula is C14H21FN2O2S. The van der Waals surface area contributed by atoms with Gasteiger partial charge in [0.1, 0.15) is 15.7 Å². The molecule has 0 spiro atoms. The van der Waals surface area contributed by atoms with Gasteiger partial charge in [-0.05, 0) is 44.2 Å². The Morgan fingerprint density at radius 1 is 1.40 bits per heavy atom. The van der Waals surface area contributed by atoms with Crippen LogP contribution in [0.5, 0.6) is 0 Å². The fourth-order valence-electron chi connectivity index (χ4n) is 2.98. The van der Waals surface area contributed by atoms with Gasteiger partial charge in [-0.25, -0.2) is 12.8 Å². The number of sulfone groups is 1. The highest BCUT2D eigenvalue weighted by molar-refractivity contribution is 7.91. The van der Waals surface area contributed by atoms with Gasteiger partial charge in [0.15, 0.2) is 0 Å². The topological polar surface area (TPSA) is 73.0 Å². The quantitative estimate of drug-likeness (QED) is 0.926. The smallest absolute Gasteiger partial charge is 0.150 e. The van der Waals surface area contributed by atoms with Crippen molar-refractivity contribution in [3.8, 4) is 0 Å². The van der Waals surface area contributed by atoms with Gasteiger partial charge in [-0.3, -0.25) is 4.98 Å². The van der Waals surface area contributed by atoms with E-state index in [2.05, 4.69) is 4.98 Å². The van der Waals surface area contributed by atoms with E-state index in [1.807, 2.05) is 6.92 Å². The minimum Gasteiger partial charge on any atom is -0.320 e. The fourth-order valence-corrected chi connectivity index (χ4v) is 4.16. The van der Waals surface area contributed by atoms with Crippen LogP contribution in [0.25, 0.3) is 0 Å². The molecular weight excluding hydrogens is 279 g/mol. The molecule has 20 heavy (non-hydrogen) atoms. The summed E-state index contributed by atoms with van der Waals surface area (Å²) in [6, 6.07) is 2.92. The van der Waals surface area contributed by atoms with Gasteiger partial charge in [-0.2, -0.15) is 0 Å². The number of rotatable bonds is 3. The van der Waals surface area contributed by atoms with Crippen LogP contribution in [0.4, 0.5) is 4.39 Å². The van der Waals surface area contributed by atoms with Crippen molar-refractivity contribution < 1.29 is 12.8 Å². The first-order valence-corrected chi connectivity index (χ1v) is 8.76. The molecule has 1 aliphatic rings. The van der Waals surface area contributed by atoms with E-state index in [0.29, 0.717) is 18.5 Å². The van der Waals surface area contributed by atoms with E-state index in [1.54, 1.807) is 6.07 Å². The molecule has 1 aromatic heterocycles. The summed E-state index contributed by atoms with van der Waals surface area (Å²) in [5.41, 5.74) is 6.26. The summed E-state index contributed by atoms with van der Waals surface area (Å²) in [5.74, 6) is -0.365. The molecule has 3 unspecified atom stereocenters. The van der Waals surface area contributed by atoms with Crippen molar-refractivity contribution in [3.63, 3.8) is 0 Å². The van der Waals surface area contributed by atoms with Crippen LogP contribution in [-0.4, -0.2) is 24.9 Å². The number of nitrogens with zero attached hydrogens (tertiary/aromatic N) is 1. The zero-order valence-corrected chi connectivity index (χ0v) is 12.7. The van der Waals surface area contributed by atoms with Crippen molar-refractivity contribution in [1.82, 2.24) is 4.98 Å². The highest BCUT2D eigenvalue weighted by Gasteiger charge is 2.39. The molecule has 3 atom stereocenters. The first-order valence-electron chi connectivity index (χ1n) is 6.81. The third-order valence-corrected chi connectivity index (χ3v) is 6.00. The van der Waals surface area contributed by atoms with Crippen LogP contribution in [0.2, 0.25) is 0 Å². The molecule has 0 amide bonds. The predicted octanol–water partition coefficient (Wildman–Crippen LogP) is 2.00. The van der Waals surface area contributed by atoms with Crippen LogP contribution in [0.1, 0.15) is 38.3 Å². The lowest BCUT2D eigenvalue weighted by Crippen LogP contribution is -2.45. The molecule has 2 rings (SSSR count). The molecule has 1 heterocycles. The lowest BCUT2D eigenvalue weighted by Gasteiger charge is -2.38. The Bertz CT molecular complexity index is 569. The predicted molar refractivity (Wildman–Crippen MR) is 76.3 cm³/mol. The number of aromatic nitrogens is 1. The van der Waals surface area contributed by atoms with Gasteiger partial charge in [-0.1, -0.05) is 6.42 Å². The Balaban J connectivity index is 2.23. The average Bonchev–Trinajstić information content (AvgIpc) is 2.38. The Morgan fingerprint density at radius 2 is 2.10 bits per heavy atom. The van der Waals surface area contributed by atoms with E-state index in [-0.39, 0.29) is 11.2 Å². The summed E-state index contributed by atoms with van der Waals surface area (Å²) in [7, 11) is -3.04. The Morgan fingerprint density at radius 3 is 2.65 bits per heavy atom. The molecule has 0 aromatic carbocycles. The van der Waals surface area contributed by atoms with Gasteiger partial charge in [0, 0.05) is 6.26 Å². The molecule has 4 nitrogen and oxygen atoms in total. The Hall–Kier alpha value is -1.01. The number of pyridine rings is 1. The number of hydrogen-bond acceptors (Lipinski definition) is 4. The average molecular weight is 300 g/mol. The highest BCUT2D eigenvalue weighted by Crippen LogP contribution is 2.38. The summed E-state index contributed by atoms with van der Waals surface area (Å²) in [6.45, 7) is 1.85. The van der Waals surface area contributed by atoms with Crippen LogP contribution in [-0.2, 0) is 15.4 Å². The third-order valence-electron chi connectivity index (χ3n) is 4.36. The molecule has 112 valence electrons. The molecule has 0 bridgehead atoms. The molecule has 1 saturated carbocycles. The molecule has 0 radical (unpaired) electrons. The summed E-state index contributed by atoms with van der Waals surface area (Å²) in [6.07, 6.45) is 5.39. The maximum absolute atomic E-state index is 13.0. The van der Waals surface area contributed by atoms with Gasteiger partial charge < -0.3 is 5.73 Å². The maximum Gasteiger partial charge on any atom is 0.150 e. The van der Waals surface area contributed by atoms with E-state index in [9.17, 15) is 12.8 Å². The van der Waals surface area contributed by atoms with Gasteiger partial charge in [-0.15, -0.1) is 0 Å². The van der Waals surface area contributed by atoms with Crippen LogP contribution in [0, 0.1) is 11.7 Å². The second-order valence-corrected chi connectivity index (χ2v) is 8.29. The lowest BCUT2D eigenvalue weighted by atomic mass is 9.74. The fraction of sp³-hybridized carbons (Fsp3) is 0.643. The second-order valence-electron chi connectivity index (χ2n) is 5.96. The molecule has 6 heteroatoms. The SMILES string of the molecule is CC(N)(c1ccc(F)cn1)C1CCCC(S(C)(=O)=O)C1. The normalized spacial score (nSPS) is 27.0. The summed E-state index contributed by atoms with van der Waals surface area (Å²) in [4.78, 5) is 4.06. The minimum atomic E-state index is -3.04. The van der Waals surface area contributed by atoms with E-state index in [0.717, 1.165) is 19.0 Å². The van der Waals surface area contributed by atoms with Crippen LogP contribution in [0.15, 0.2) is 18.3 Å². The molecule has 0 saturated heterocycles. The largest absolute Gasteiger partial charge is 0.320 e. The van der Waals surface area contributed by atoms with Crippen molar-refractivity contribution in [2.24, 2.45) is 11.7 Å². The van der Waals surface area contributed by atoms with E-state index >= 15 is 0 Å². The number of halogens is 1. The Labute approximate surface area is 119 Å². The summed E-state index contributed by atoms with van der Waals surface area (Å²) in [5, 5.41) is -0.329. The van der Waals surface area contributed by atoms with Gasteiger partial charge in [0.2, 0.25) is 0 Å². The molecule has 1 aromatic rings. The van der Waals surface area contributed by atoms with Gasteiger partial charge >= 0.3 is 0 Å². The highest BCUT2D eigenvalue weighted by atomic mass is 32.2. The molecule has 1 aliphatic carbocycles. The number of nitrogens with two attached hydrogens (primary N) is 1. The van der Waals surface area contributed by atoms with Crippen molar-refractivity contribution in [2.75, 3.05) is 6.26 Å². The Kier molecular flexibility index (Phi) is 4.16. The van der Waals surface area contributed by atoms with E-state index < -0.39 is 21.2 Å². The maximum atomic E-state index is 13.0. The van der Waals surface area contributed by atoms with Gasteiger partial charge in [0.25, 0.3) is 0 Å². The zero-order chi connectivity index (χ0) is 15.0. The van der Waals surface area contributed by atoms with Crippen LogP contribution < -0.4 is 5.73 Å². The number of hydrogen-bond donors (Lipinski definition) is 1. The van der Waals surface area contributed by atoms with Crippen LogP contribution in [0.3, 0.4) is 0 Å². The third kappa shape index (κ3) is 3.17. The zero-order valence-electron chi connectivity index (χ0n) is 11.8. The second kappa shape index (κ2) is 5.41. The lowest BCUT2D eigenvalue weighted by molar-refractivity contribution is 0.221. The monoisotopic (exact) mass is 300 g/mol. The van der Waals surface area contributed by atoms with Crippen molar-refractivity contribution in [2.45, 2.75) is 43.4 Å². The van der Waals surface area contributed by atoms with Gasteiger partial charge in [0.05, 0.1) is 22.7 Å². The standard InChI is InChI=1S/C14H21FN2O2S/c1-14(16,13-7-6-11(15)9-17-13)10-4-3-5-12(8-10)20(2,18)19/h6-7,9-10,12H,3-5,8,16H2,1-2H3.